The second-order valence-electron chi connectivity index (χ2n) is 19.8. The summed E-state index contributed by atoms with van der Waals surface area (Å²) in [7, 11) is 0. The van der Waals surface area contributed by atoms with Gasteiger partial charge in [-0.05, 0) is 159 Å². The summed E-state index contributed by atoms with van der Waals surface area (Å²) < 4.78 is 45.8. The SMILES string of the molecule is C[C@@H](COc1ccnc2c1[C@H](C)CCC2)CC1Cc2ccc(OCCCC(=O)NCCc3cccc(OCCN4CCC(F)(F)CC4)c3)cc2C12CCC(Nc1cccc(Cl)c1)(C(=O)O)CC2. The van der Waals surface area contributed by atoms with Gasteiger partial charge in [0.15, 0.2) is 0 Å². The molecule has 3 aliphatic carbocycles. The summed E-state index contributed by atoms with van der Waals surface area (Å²) in [6, 6.07) is 23.5. The van der Waals surface area contributed by atoms with Crippen molar-refractivity contribution >= 4 is 29.2 Å². The Hall–Kier alpha value is -4.94. The molecule has 3 atom stereocenters. The third kappa shape index (κ3) is 12.0. The van der Waals surface area contributed by atoms with Gasteiger partial charge >= 0.3 is 5.97 Å². The molecule has 1 amide bonds. The highest BCUT2D eigenvalue weighted by Gasteiger charge is 2.54. The van der Waals surface area contributed by atoms with Crippen molar-refractivity contribution < 1.29 is 37.7 Å². The van der Waals surface area contributed by atoms with Crippen molar-refractivity contribution in [3.05, 3.63) is 112 Å². The summed E-state index contributed by atoms with van der Waals surface area (Å²) in [5.41, 5.74) is 5.35. The van der Waals surface area contributed by atoms with E-state index in [-0.39, 0.29) is 30.1 Å². The van der Waals surface area contributed by atoms with E-state index in [0.717, 1.165) is 60.6 Å². The fourth-order valence-electron chi connectivity index (χ4n) is 11.2. The molecule has 1 saturated heterocycles. The number of anilines is 1. The third-order valence-corrected chi connectivity index (χ3v) is 15.2. The van der Waals surface area contributed by atoms with Crippen LogP contribution in [0.15, 0.2) is 79.0 Å². The van der Waals surface area contributed by atoms with Gasteiger partial charge in [0.1, 0.15) is 29.4 Å². The third-order valence-electron chi connectivity index (χ3n) is 15.0. The van der Waals surface area contributed by atoms with Gasteiger partial charge in [0.25, 0.3) is 5.92 Å². The van der Waals surface area contributed by atoms with Crippen molar-refractivity contribution in [2.24, 2.45) is 11.8 Å². The van der Waals surface area contributed by atoms with Gasteiger partial charge in [-0.3, -0.25) is 14.7 Å². The van der Waals surface area contributed by atoms with Crippen LogP contribution < -0.4 is 24.8 Å². The summed E-state index contributed by atoms with van der Waals surface area (Å²) in [5.74, 6) is -0.0108. The number of piperidine rings is 1. The molecule has 1 unspecified atom stereocenters. The van der Waals surface area contributed by atoms with Crippen LogP contribution in [0.5, 0.6) is 17.2 Å². The Morgan fingerprint density at radius 2 is 1.72 bits per heavy atom. The molecule has 1 saturated carbocycles. The molecule has 10 nitrogen and oxygen atoms in total. The Morgan fingerprint density at radius 3 is 2.51 bits per heavy atom. The van der Waals surface area contributed by atoms with Crippen molar-refractivity contribution in [3.8, 4) is 17.2 Å². The number of halogens is 3. The van der Waals surface area contributed by atoms with Gasteiger partial charge in [-0.1, -0.05) is 49.7 Å². The number of aryl methyl sites for hydroxylation is 1. The first kappa shape index (κ1) is 48.5. The van der Waals surface area contributed by atoms with Crippen molar-refractivity contribution in [2.45, 2.75) is 127 Å². The van der Waals surface area contributed by atoms with E-state index < -0.39 is 17.4 Å². The largest absolute Gasteiger partial charge is 0.494 e. The van der Waals surface area contributed by atoms with Gasteiger partial charge < -0.3 is 30.0 Å². The molecule has 2 fully saturated rings. The average Bonchev–Trinajstić information content (AvgIpc) is 3.59. The topological polar surface area (TPSA) is 122 Å². The molecule has 1 aromatic heterocycles. The molecular weight excluding hydrogens is 874 g/mol. The van der Waals surface area contributed by atoms with E-state index >= 15 is 0 Å². The Labute approximate surface area is 399 Å². The van der Waals surface area contributed by atoms with Gasteiger partial charge in [0.2, 0.25) is 5.91 Å². The number of aromatic nitrogens is 1. The number of amides is 1. The monoisotopic (exact) mass is 940 g/mol. The fraction of sp³-hybridized carbons (Fsp3) is 0.537. The first-order valence-electron chi connectivity index (χ1n) is 24.5. The number of likely N-dealkylation sites (tertiary alicyclic amines) is 1. The minimum absolute atomic E-state index is 0.0363. The molecule has 67 heavy (non-hydrogen) atoms. The van der Waals surface area contributed by atoms with E-state index in [9.17, 15) is 23.5 Å². The van der Waals surface area contributed by atoms with E-state index in [0.29, 0.717) is 113 Å². The zero-order valence-electron chi connectivity index (χ0n) is 39.1. The summed E-state index contributed by atoms with van der Waals surface area (Å²) in [5, 5.41) is 17.7. The number of hydrogen-bond donors (Lipinski definition) is 3. The number of rotatable bonds is 20. The highest BCUT2D eigenvalue weighted by atomic mass is 35.5. The Morgan fingerprint density at radius 1 is 0.940 bits per heavy atom. The average molecular weight is 942 g/mol. The number of carboxylic acid groups (broad SMARTS) is 1. The maximum atomic E-state index is 13.5. The molecule has 0 radical (unpaired) electrons. The minimum Gasteiger partial charge on any atom is -0.494 e. The quantitative estimate of drug-likeness (QED) is 0.0744. The van der Waals surface area contributed by atoms with Crippen LogP contribution in [-0.4, -0.2) is 84.3 Å². The number of carbonyl (C=O) groups excluding carboxylic acids is 1. The highest BCUT2D eigenvalue weighted by Crippen LogP contribution is 2.57. The number of benzene rings is 3. The lowest BCUT2D eigenvalue weighted by Crippen LogP contribution is -2.53. The zero-order valence-corrected chi connectivity index (χ0v) is 39.9. The maximum absolute atomic E-state index is 13.5. The lowest BCUT2D eigenvalue weighted by Gasteiger charge is -2.47. The Balaban J connectivity index is 0.855. The zero-order chi connectivity index (χ0) is 47.0. The van der Waals surface area contributed by atoms with Crippen molar-refractivity contribution in [1.29, 1.82) is 0 Å². The second-order valence-corrected chi connectivity index (χ2v) is 20.2. The van der Waals surface area contributed by atoms with Crippen LogP contribution in [0.25, 0.3) is 0 Å². The normalized spacial score (nSPS) is 23.7. The van der Waals surface area contributed by atoms with E-state index in [1.165, 1.54) is 16.7 Å². The number of ether oxygens (including phenoxy) is 3. The molecule has 1 aliphatic heterocycles. The summed E-state index contributed by atoms with van der Waals surface area (Å²) in [4.78, 5) is 32.6. The highest BCUT2D eigenvalue weighted by molar-refractivity contribution is 6.30. The molecule has 2 heterocycles. The number of hydrogen-bond acceptors (Lipinski definition) is 8. The predicted octanol–water partition coefficient (Wildman–Crippen LogP) is 10.8. The van der Waals surface area contributed by atoms with Crippen LogP contribution in [0.1, 0.15) is 118 Å². The predicted molar refractivity (Wildman–Crippen MR) is 258 cm³/mol. The van der Waals surface area contributed by atoms with Crippen molar-refractivity contribution in [3.63, 3.8) is 0 Å². The summed E-state index contributed by atoms with van der Waals surface area (Å²) >= 11 is 6.32. The lowest BCUT2D eigenvalue weighted by atomic mass is 9.59. The first-order valence-corrected chi connectivity index (χ1v) is 24.9. The molecule has 4 aliphatic rings. The van der Waals surface area contributed by atoms with E-state index in [1.54, 1.807) is 12.1 Å². The molecule has 13 heteroatoms. The number of alkyl halides is 2. The van der Waals surface area contributed by atoms with Crippen LogP contribution in [0.3, 0.4) is 0 Å². The van der Waals surface area contributed by atoms with Crippen LogP contribution in [0, 0.1) is 11.8 Å². The van der Waals surface area contributed by atoms with Gasteiger partial charge in [0.05, 0.1) is 13.2 Å². The smallest absolute Gasteiger partial charge is 0.329 e. The van der Waals surface area contributed by atoms with E-state index in [2.05, 4.69) is 41.6 Å². The molecule has 1 spiro atoms. The summed E-state index contributed by atoms with van der Waals surface area (Å²) in [6.07, 6.45) is 10.7. The maximum Gasteiger partial charge on any atom is 0.329 e. The molecule has 3 N–H and O–H groups in total. The number of pyridine rings is 1. The lowest BCUT2D eigenvalue weighted by molar-refractivity contribution is -0.144. The molecule has 4 aromatic rings. The standard InChI is InChI=1S/C54H67ClF2N4O6/c1-37(36-67-48-17-25-58-47-12-3-7-38(2)50(47)48)31-41-33-40-14-15-45(35-46(40)52(41)18-20-53(21-19-52,51(63)64)60-43-10-5-9-42(55)34-43)65-29-6-13-49(62)59-24-16-39-8-4-11-44(32-39)66-30-28-61-26-22-54(56,57)23-27-61/h4-5,8-11,14-15,17,25,32,34-35,37-38,41,60H,3,6-7,12-13,16,18-24,26-31,33,36H2,1-2H3,(H,59,62)(H,63,64)/t37-,38-,41?,52?,53?/m1/s1. The molecule has 360 valence electrons. The fourth-order valence-corrected chi connectivity index (χ4v) is 11.4. The minimum atomic E-state index is -2.55. The Kier molecular flexibility index (Phi) is 15.6. The van der Waals surface area contributed by atoms with Crippen LogP contribution >= 0.6 is 11.6 Å². The number of carbonyl (C=O) groups is 2. The number of fused-ring (bicyclic) bond motifs is 3. The van der Waals surface area contributed by atoms with E-state index in [1.807, 2.05) is 59.6 Å². The number of carboxylic acids is 1. The molecule has 8 rings (SSSR count). The Bertz CT molecular complexity index is 2330. The number of aliphatic carboxylic acids is 1. The van der Waals surface area contributed by atoms with Crippen LogP contribution in [0.2, 0.25) is 5.02 Å². The van der Waals surface area contributed by atoms with Gasteiger partial charge in [0, 0.05) is 73.6 Å². The number of nitrogens with one attached hydrogen (secondary N) is 2. The molecule has 3 aromatic carbocycles. The van der Waals surface area contributed by atoms with Crippen LogP contribution in [0.4, 0.5) is 14.5 Å². The van der Waals surface area contributed by atoms with Gasteiger partial charge in [-0.25, -0.2) is 13.6 Å². The first-order chi connectivity index (χ1) is 32.3. The van der Waals surface area contributed by atoms with Crippen molar-refractivity contribution in [2.75, 3.05) is 51.3 Å². The molecule has 0 bridgehead atoms. The van der Waals surface area contributed by atoms with E-state index in [4.69, 9.17) is 25.8 Å². The second kappa shape index (κ2) is 21.6. The molecular formula is C54H67ClF2N4O6. The summed E-state index contributed by atoms with van der Waals surface area (Å²) in [6.45, 7) is 7.82. The van der Waals surface area contributed by atoms with Gasteiger partial charge in [-0.2, -0.15) is 0 Å². The van der Waals surface area contributed by atoms with Crippen molar-refractivity contribution in [1.82, 2.24) is 15.2 Å². The number of nitrogens with zero attached hydrogens (tertiary/aromatic N) is 2. The van der Waals surface area contributed by atoms with Gasteiger partial charge in [-0.15, -0.1) is 0 Å². The van der Waals surface area contributed by atoms with Crippen LogP contribution in [-0.2, 0) is 34.3 Å².